The van der Waals surface area contributed by atoms with Crippen molar-refractivity contribution in [3.63, 3.8) is 0 Å². The number of allylic oxidation sites excluding steroid dienone is 1. The van der Waals surface area contributed by atoms with E-state index in [1.165, 1.54) is 6.07 Å². The fourth-order valence-electron chi connectivity index (χ4n) is 3.54. The molecule has 1 saturated carbocycles. The summed E-state index contributed by atoms with van der Waals surface area (Å²) in [6.07, 6.45) is 1.72. The normalized spacial score (nSPS) is 19.2. The SMILES string of the molecule is CC1=C(C(=O)Nc2ccc(F)c(F)c2)[C@@H](c2ccccc2Cl)NC(=O)N1C1CC1. The third-order valence-corrected chi connectivity index (χ3v) is 5.42. The van der Waals surface area contributed by atoms with Gasteiger partial charge in [-0.1, -0.05) is 29.8 Å². The Kier molecular flexibility index (Phi) is 5.00. The Hall–Kier alpha value is -2.93. The Balaban J connectivity index is 1.75. The number of rotatable bonds is 4. The Labute approximate surface area is 171 Å². The van der Waals surface area contributed by atoms with Crippen LogP contribution in [0.15, 0.2) is 53.7 Å². The quantitative estimate of drug-likeness (QED) is 0.753. The van der Waals surface area contributed by atoms with E-state index in [1.54, 1.807) is 36.1 Å². The Bertz CT molecular complexity index is 1040. The zero-order valence-corrected chi connectivity index (χ0v) is 16.3. The van der Waals surface area contributed by atoms with Gasteiger partial charge in [-0.3, -0.25) is 9.69 Å². The Morgan fingerprint density at radius 2 is 1.90 bits per heavy atom. The van der Waals surface area contributed by atoms with Crippen LogP contribution >= 0.6 is 11.6 Å². The highest BCUT2D eigenvalue weighted by atomic mass is 35.5. The molecule has 150 valence electrons. The van der Waals surface area contributed by atoms with Crippen LogP contribution in [0.2, 0.25) is 5.02 Å². The van der Waals surface area contributed by atoms with Crippen molar-refractivity contribution in [2.24, 2.45) is 0 Å². The van der Waals surface area contributed by atoms with Crippen LogP contribution in [0.4, 0.5) is 19.3 Å². The molecule has 0 aromatic heterocycles. The number of halogens is 3. The molecule has 0 unspecified atom stereocenters. The summed E-state index contributed by atoms with van der Waals surface area (Å²) in [5.41, 5.74) is 1.50. The molecule has 0 saturated heterocycles. The van der Waals surface area contributed by atoms with Crippen molar-refractivity contribution in [3.8, 4) is 0 Å². The molecule has 2 aromatic rings. The molecule has 29 heavy (non-hydrogen) atoms. The van der Waals surface area contributed by atoms with Gasteiger partial charge in [0.2, 0.25) is 0 Å². The van der Waals surface area contributed by atoms with E-state index in [-0.39, 0.29) is 17.8 Å². The van der Waals surface area contributed by atoms with Crippen LogP contribution < -0.4 is 10.6 Å². The first-order valence-corrected chi connectivity index (χ1v) is 9.56. The minimum absolute atomic E-state index is 0.0493. The van der Waals surface area contributed by atoms with Crippen molar-refractivity contribution in [3.05, 3.63) is 76.0 Å². The highest BCUT2D eigenvalue weighted by Crippen LogP contribution is 2.39. The van der Waals surface area contributed by atoms with Gasteiger partial charge in [-0.2, -0.15) is 0 Å². The maximum absolute atomic E-state index is 13.5. The number of hydrogen-bond donors (Lipinski definition) is 2. The zero-order chi connectivity index (χ0) is 20.7. The smallest absolute Gasteiger partial charge is 0.322 e. The molecule has 8 heteroatoms. The summed E-state index contributed by atoms with van der Waals surface area (Å²) in [7, 11) is 0. The lowest BCUT2D eigenvalue weighted by Crippen LogP contribution is -2.49. The van der Waals surface area contributed by atoms with Crippen LogP contribution in [0, 0.1) is 11.6 Å². The summed E-state index contributed by atoms with van der Waals surface area (Å²) in [4.78, 5) is 27.4. The van der Waals surface area contributed by atoms with E-state index in [0.29, 0.717) is 21.9 Å². The summed E-state index contributed by atoms with van der Waals surface area (Å²) < 4.78 is 26.8. The fourth-order valence-corrected chi connectivity index (χ4v) is 3.78. The van der Waals surface area contributed by atoms with Crippen molar-refractivity contribution < 1.29 is 18.4 Å². The molecular formula is C21H18ClF2N3O2. The van der Waals surface area contributed by atoms with Crippen molar-refractivity contribution >= 4 is 29.2 Å². The zero-order valence-electron chi connectivity index (χ0n) is 15.5. The molecule has 0 bridgehead atoms. The van der Waals surface area contributed by atoms with E-state index in [0.717, 1.165) is 25.0 Å². The van der Waals surface area contributed by atoms with Gasteiger partial charge >= 0.3 is 6.03 Å². The van der Waals surface area contributed by atoms with Crippen LogP contribution in [0.5, 0.6) is 0 Å². The van der Waals surface area contributed by atoms with E-state index in [2.05, 4.69) is 10.6 Å². The largest absolute Gasteiger partial charge is 0.326 e. The van der Waals surface area contributed by atoms with Crippen LogP contribution in [0.1, 0.15) is 31.4 Å². The van der Waals surface area contributed by atoms with Gasteiger partial charge in [0.05, 0.1) is 11.6 Å². The molecule has 1 fully saturated rings. The Morgan fingerprint density at radius 3 is 2.55 bits per heavy atom. The predicted molar refractivity (Wildman–Crippen MR) is 105 cm³/mol. The standard InChI is InChI=1S/C21H18ClF2N3O2/c1-11-18(20(28)25-12-6-9-16(23)17(24)10-12)19(14-4-2-3-5-15(14)22)26-21(29)27(11)13-7-8-13/h2-6,9-10,13,19H,7-8H2,1H3,(H,25,28)(H,26,29)/t19-/m1/s1. The molecule has 2 N–H and O–H groups in total. The number of urea groups is 1. The first-order valence-electron chi connectivity index (χ1n) is 9.18. The molecular weight excluding hydrogens is 400 g/mol. The molecule has 1 heterocycles. The lowest BCUT2D eigenvalue weighted by Gasteiger charge is -2.36. The Morgan fingerprint density at radius 1 is 1.17 bits per heavy atom. The number of hydrogen-bond acceptors (Lipinski definition) is 2. The molecule has 3 amide bonds. The first kappa shape index (κ1) is 19.4. The van der Waals surface area contributed by atoms with Gasteiger partial charge in [0.1, 0.15) is 0 Å². The molecule has 2 aliphatic rings. The van der Waals surface area contributed by atoms with E-state index < -0.39 is 23.6 Å². The summed E-state index contributed by atoms with van der Waals surface area (Å²) in [5, 5.41) is 5.87. The average molecular weight is 418 g/mol. The molecule has 1 aliphatic carbocycles. The number of amides is 3. The third-order valence-electron chi connectivity index (χ3n) is 5.08. The van der Waals surface area contributed by atoms with Crippen molar-refractivity contribution in [1.29, 1.82) is 0 Å². The van der Waals surface area contributed by atoms with Crippen LogP contribution in [0.3, 0.4) is 0 Å². The second-order valence-electron chi connectivity index (χ2n) is 7.09. The number of anilines is 1. The number of nitrogens with one attached hydrogen (secondary N) is 2. The minimum atomic E-state index is -1.06. The highest BCUT2D eigenvalue weighted by molar-refractivity contribution is 6.31. The van der Waals surface area contributed by atoms with Gasteiger partial charge in [0.15, 0.2) is 11.6 Å². The summed E-state index contributed by atoms with van der Waals surface area (Å²) >= 11 is 6.32. The molecule has 5 nitrogen and oxygen atoms in total. The molecule has 1 atom stereocenters. The van der Waals surface area contributed by atoms with Gasteiger partial charge in [0, 0.05) is 28.5 Å². The van der Waals surface area contributed by atoms with Gasteiger partial charge in [-0.25, -0.2) is 13.6 Å². The van der Waals surface area contributed by atoms with Crippen LogP contribution in [-0.2, 0) is 4.79 Å². The molecule has 0 radical (unpaired) electrons. The topological polar surface area (TPSA) is 61.4 Å². The summed E-state index contributed by atoms with van der Waals surface area (Å²) in [6.45, 7) is 1.71. The molecule has 1 aliphatic heterocycles. The second kappa shape index (κ2) is 7.48. The minimum Gasteiger partial charge on any atom is -0.326 e. The van der Waals surface area contributed by atoms with Crippen molar-refractivity contribution in [2.45, 2.75) is 31.8 Å². The van der Waals surface area contributed by atoms with Crippen LogP contribution in [0.25, 0.3) is 0 Å². The average Bonchev–Trinajstić information content (AvgIpc) is 3.49. The van der Waals surface area contributed by atoms with E-state index in [4.69, 9.17) is 11.6 Å². The fraction of sp³-hybridized carbons (Fsp3) is 0.238. The lowest BCUT2D eigenvalue weighted by atomic mass is 9.94. The van der Waals surface area contributed by atoms with Gasteiger partial charge in [-0.05, 0) is 43.5 Å². The van der Waals surface area contributed by atoms with E-state index in [1.807, 2.05) is 0 Å². The molecule has 4 rings (SSSR count). The number of carbonyl (C=O) groups excluding carboxylic acids is 2. The third kappa shape index (κ3) is 3.70. The molecule has 2 aromatic carbocycles. The lowest BCUT2D eigenvalue weighted by molar-refractivity contribution is -0.113. The van der Waals surface area contributed by atoms with E-state index in [9.17, 15) is 18.4 Å². The van der Waals surface area contributed by atoms with Crippen molar-refractivity contribution in [1.82, 2.24) is 10.2 Å². The van der Waals surface area contributed by atoms with Gasteiger partial charge in [-0.15, -0.1) is 0 Å². The maximum atomic E-state index is 13.5. The molecule has 0 spiro atoms. The second-order valence-corrected chi connectivity index (χ2v) is 7.49. The monoisotopic (exact) mass is 417 g/mol. The number of benzene rings is 2. The highest BCUT2D eigenvalue weighted by Gasteiger charge is 2.42. The van der Waals surface area contributed by atoms with Crippen LogP contribution in [-0.4, -0.2) is 22.9 Å². The first-order chi connectivity index (χ1) is 13.9. The predicted octanol–water partition coefficient (Wildman–Crippen LogP) is 4.76. The summed E-state index contributed by atoms with van der Waals surface area (Å²) in [5.74, 6) is -2.59. The van der Waals surface area contributed by atoms with E-state index >= 15 is 0 Å². The number of nitrogens with zero attached hydrogens (tertiary/aromatic N) is 1. The van der Waals surface area contributed by atoms with Gasteiger partial charge < -0.3 is 10.6 Å². The van der Waals surface area contributed by atoms with Crippen molar-refractivity contribution in [2.75, 3.05) is 5.32 Å². The van der Waals surface area contributed by atoms with Gasteiger partial charge in [0.25, 0.3) is 5.91 Å². The summed E-state index contributed by atoms with van der Waals surface area (Å²) in [6, 6.07) is 9.05. The maximum Gasteiger partial charge on any atom is 0.322 e. The number of carbonyl (C=O) groups is 2.